The Morgan fingerprint density at radius 1 is 0.840 bits per heavy atom. The molecule has 0 aromatic heterocycles. The molecule has 0 aliphatic carbocycles. The monoisotopic (exact) mass is 349 g/mol. The molecule has 0 bridgehead atoms. The molecular formula is C23H43NO. The Kier molecular flexibility index (Phi) is 15.1. The number of hydrogen-bond donors (Lipinski definition) is 1. The maximum absolute atomic E-state index is 9.66. The third-order valence-corrected chi connectivity index (χ3v) is 5.16. The summed E-state index contributed by atoms with van der Waals surface area (Å²) < 4.78 is 0. The van der Waals surface area contributed by atoms with E-state index in [1.807, 2.05) is 0 Å². The summed E-state index contributed by atoms with van der Waals surface area (Å²) in [6, 6.07) is 0. The van der Waals surface area contributed by atoms with Crippen molar-refractivity contribution in [2.24, 2.45) is 0 Å². The summed E-state index contributed by atoms with van der Waals surface area (Å²) in [5.74, 6) is 0. The number of aliphatic hydroxyl groups is 1. The Bertz CT molecular complexity index is 337. The first-order valence-electron chi connectivity index (χ1n) is 11.0. The summed E-state index contributed by atoms with van der Waals surface area (Å²) >= 11 is 0. The number of hydrogen-bond acceptors (Lipinski definition) is 2. The van der Waals surface area contributed by atoms with Gasteiger partial charge in [0.1, 0.15) is 0 Å². The van der Waals surface area contributed by atoms with E-state index in [9.17, 15) is 5.11 Å². The number of likely N-dealkylation sites (tertiary alicyclic amines) is 1. The number of rotatable bonds is 15. The zero-order chi connectivity index (χ0) is 18.0. The van der Waals surface area contributed by atoms with Gasteiger partial charge in [0.05, 0.1) is 6.10 Å². The molecule has 1 aliphatic rings. The number of piperidine rings is 1. The van der Waals surface area contributed by atoms with Crippen LogP contribution in [0.5, 0.6) is 0 Å². The van der Waals surface area contributed by atoms with Gasteiger partial charge in [-0.3, -0.25) is 0 Å². The van der Waals surface area contributed by atoms with Crippen LogP contribution in [-0.2, 0) is 0 Å². The highest BCUT2D eigenvalue weighted by Crippen LogP contribution is 2.12. The zero-order valence-electron chi connectivity index (χ0n) is 16.8. The van der Waals surface area contributed by atoms with Gasteiger partial charge >= 0.3 is 0 Å². The van der Waals surface area contributed by atoms with Gasteiger partial charge in [-0.1, -0.05) is 69.8 Å². The fraction of sp³-hybridized carbons (Fsp3) is 0.826. The van der Waals surface area contributed by atoms with Crippen molar-refractivity contribution >= 4 is 0 Å². The Balaban J connectivity index is 1.79. The van der Waals surface area contributed by atoms with Crippen molar-refractivity contribution < 1.29 is 5.11 Å². The van der Waals surface area contributed by atoms with E-state index in [1.165, 1.54) is 90.1 Å². The lowest BCUT2D eigenvalue weighted by Crippen LogP contribution is -2.38. The molecule has 0 radical (unpaired) electrons. The number of β-amino-alcohol motifs (C(OH)–C–C–N with tert-alkyl or cyclic N) is 1. The first-order valence-corrected chi connectivity index (χ1v) is 11.0. The van der Waals surface area contributed by atoms with E-state index in [0.717, 1.165) is 19.4 Å². The third kappa shape index (κ3) is 14.3. The van der Waals surface area contributed by atoms with E-state index in [4.69, 9.17) is 0 Å². The quantitative estimate of drug-likeness (QED) is 0.279. The molecule has 0 saturated carbocycles. The average molecular weight is 350 g/mol. The van der Waals surface area contributed by atoms with Crippen LogP contribution in [0.1, 0.15) is 96.8 Å². The van der Waals surface area contributed by atoms with Crippen molar-refractivity contribution in [3.8, 4) is 0 Å². The molecule has 1 rings (SSSR count). The van der Waals surface area contributed by atoms with E-state index in [2.05, 4.69) is 36.1 Å². The SMILES string of the molecule is CCCCCC=CCC=CCCCCCCCCN1CCC[C@H](O)C1. The average Bonchev–Trinajstić information content (AvgIpc) is 2.61. The lowest BCUT2D eigenvalue weighted by Gasteiger charge is -2.29. The van der Waals surface area contributed by atoms with Crippen LogP contribution in [0.15, 0.2) is 24.3 Å². The van der Waals surface area contributed by atoms with Gasteiger partial charge in [0.15, 0.2) is 0 Å². The number of allylic oxidation sites excluding steroid dienone is 4. The third-order valence-electron chi connectivity index (χ3n) is 5.16. The Labute approximate surface area is 157 Å². The minimum absolute atomic E-state index is 0.0710. The lowest BCUT2D eigenvalue weighted by molar-refractivity contribution is 0.0698. The van der Waals surface area contributed by atoms with E-state index in [1.54, 1.807) is 0 Å². The van der Waals surface area contributed by atoms with Gasteiger partial charge in [-0.2, -0.15) is 0 Å². The first kappa shape index (κ1) is 22.4. The van der Waals surface area contributed by atoms with Gasteiger partial charge in [-0.05, 0) is 64.5 Å². The van der Waals surface area contributed by atoms with Crippen LogP contribution < -0.4 is 0 Å². The molecule has 0 aromatic carbocycles. The minimum Gasteiger partial charge on any atom is -0.392 e. The molecule has 2 nitrogen and oxygen atoms in total. The topological polar surface area (TPSA) is 23.5 Å². The molecule has 1 N–H and O–H groups in total. The summed E-state index contributed by atoms with van der Waals surface area (Å²) in [6.45, 7) is 5.54. The van der Waals surface area contributed by atoms with Gasteiger partial charge in [-0.25, -0.2) is 0 Å². The van der Waals surface area contributed by atoms with E-state index < -0.39 is 0 Å². The van der Waals surface area contributed by atoms with Crippen LogP contribution in [0.4, 0.5) is 0 Å². The molecule has 2 heteroatoms. The highest BCUT2D eigenvalue weighted by atomic mass is 16.3. The van der Waals surface area contributed by atoms with Crippen molar-refractivity contribution in [1.82, 2.24) is 4.90 Å². The largest absolute Gasteiger partial charge is 0.392 e. The van der Waals surface area contributed by atoms with Crippen molar-refractivity contribution in [2.45, 2.75) is 103 Å². The van der Waals surface area contributed by atoms with Crippen molar-refractivity contribution in [3.63, 3.8) is 0 Å². The van der Waals surface area contributed by atoms with Crippen LogP contribution in [0.25, 0.3) is 0 Å². The molecule has 1 aliphatic heterocycles. The van der Waals surface area contributed by atoms with Crippen LogP contribution in [0.3, 0.4) is 0 Å². The van der Waals surface area contributed by atoms with Crippen molar-refractivity contribution in [2.75, 3.05) is 19.6 Å². The number of aliphatic hydroxyl groups excluding tert-OH is 1. The highest BCUT2D eigenvalue weighted by molar-refractivity contribution is 4.92. The summed E-state index contributed by atoms with van der Waals surface area (Å²) in [5.41, 5.74) is 0. The minimum atomic E-state index is -0.0710. The van der Waals surface area contributed by atoms with Gasteiger partial charge < -0.3 is 10.0 Å². The molecular weight excluding hydrogens is 306 g/mol. The molecule has 1 saturated heterocycles. The van der Waals surface area contributed by atoms with Crippen LogP contribution >= 0.6 is 0 Å². The molecule has 0 unspecified atom stereocenters. The highest BCUT2D eigenvalue weighted by Gasteiger charge is 2.16. The second-order valence-electron chi connectivity index (χ2n) is 7.68. The maximum atomic E-state index is 9.66. The van der Waals surface area contributed by atoms with Gasteiger partial charge in [0.25, 0.3) is 0 Å². The van der Waals surface area contributed by atoms with Crippen LogP contribution in [0.2, 0.25) is 0 Å². The summed E-state index contributed by atoms with van der Waals surface area (Å²) in [7, 11) is 0. The van der Waals surface area contributed by atoms with Gasteiger partial charge in [-0.15, -0.1) is 0 Å². The number of unbranched alkanes of at least 4 members (excludes halogenated alkanes) is 9. The fourth-order valence-electron chi connectivity index (χ4n) is 3.56. The smallest absolute Gasteiger partial charge is 0.0667 e. The van der Waals surface area contributed by atoms with Gasteiger partial charge in [0, 0.05) is 6.54 Å². The summed E-state index contributed by atoms with van der Waals surface area (Å²) in [6.07, 6.45) is 27.2. The molecule has 0 amide bonds. The van der Waals surface area contributed by atoms with Crippen LogP contribution in [0, 0.1) is 0 Å². The maximum Gasteiger partial charge on any atom is 0.0667 e. The van der Waals surface area contributed by atoms with E-state index >= 15 is 0 Å². The lowest BCUT2D eigenvalue weighted by atomic mass is 10.1. The summed E-state index contributed by atoms with van der Waals surface area (Å²) in [5, 5.41) is 9.66. The molecule has 1 fully saturated rings. The molecule has 146 valence electrons. The number of nitrogens with zero attached hydrogens (tertiary/aromatic N) is 1. The van der Waals surface area contributed by atoms with Gasteiger partial charge in [0.2, 0.25) is 0 Å². The first-order chi connectivity index (χ1) is 12.3. The van der Waals surface area contributed by atoms with Crippen molar-refractivity contribution in [3.05, 3.63) is 24.3 Å². The Hall–Kier alpha value is -0.600. The zero-order valence-corrected chi connectivity index (χ0v) is 16.8. The molecule has 0 spiro atoms. The normalized spacial score (nSPS) is 19.4. The molecule has 1 atom stereocenters. The predicted molar refractivity (Wildman–Crippen MR) is 111 cm³/mol. The Morgan fingerprint density at radius 3 is 2.16 bits per heavy atom. The molecule has 1 heterocycles. The molecule has 25 heavy (non-hydrogen) atoms. The second kappa shape index (κ2) is 16.8. The Morgan fingerprint density at radius 2 is 1.48 bits per heavy atom. The van der Waals surface area contributed by atoms with E-state index in [0.29, 0.717) is 0 Å². The summed E-state index contributed by atoms with van der Waals surface area (Å²) in [4.78, 5) is 2.44. The van der Waals surface area contributed by atoms with E-state index in [-0.39, 0.29) is 6.10 Å². The standard InChI is InChI=1S/C23H43NO/c1-2-3-4-5-6-7-8-9-10-11-12-13-14-15-16-17-20-24-21-18-19-23(25)22-24/h6-7,9-10,23,25H,2-5,8,11-22H2,1H3/t23-/m0/s1. The second-order valence-corrected chi connectivity index (χ2v) is 7.68. The predicted octanol–water partition coefficient (Wildman–Crippen LogP) is 6.26. The van der Waals surface area contributed by atoms with Crippen molar-refractivity contribution in [1.29, 1.82) is 0 Å². The van der Waals surface area contributed by atoms with Crippen LogP contribution in [-0.4, -0.2) is 35.7 Å². The fourth-order valence-corrected chi connectivity index (χ4v) is 3.56. The molecule has 0 aromatic rings.